The summed E-state index contributed by atoms with van der Waals surface area (Å²) in [6, 6.07) is 8.55. The van der Waals surface area contributed by atoms with Crippen LogP contribution in [0, 0.1) is 0 Å². The number of benzene rings is 1. The van der Waals surface area contributed by atoms with Crippen LogP contribution in [0.1, 0.15) is 57.4 Å². The van der Waals surface area contributed by atoms with Crippen LogP contribution < -0.4 is 5.32 Å². The van der Waals surface area contributed by atoms with Crippen molar-refractivity contribution in [2.75, 3.05) is 7.05 Å². The van der Waals surface area contributed by atoms with Gasteiger partial charge in [-0.05, 0) is 55.7 Å². The Bertz CT molecular complexity index is 635. The summed E-state index contributed by atoms with van der Waals surface area (Å²) in [6.45, 7) is 4.31. The highest BCUT2D eigenvalue weighted by atomic mass is 35.5. The van der Waals surface area contributed by atoms with Gasteiger partial charge in [0.15, 0.2) is 0 Å². The Morgan fingerprint density at radius 2 is 1.71 bits per heavy atom. The summed E-state index contributed by atoms with van der Waals surface area (Å²) in [5, 5.41) is 3.57. The van der Waals surface area contributed by atoms with E-state index in [0.29, 0.717) is 22.9 Å². The van der Waals surface area contributed by atoms with Gasteiger partial charge in [-0.25, -0.2) is 8.42 Å². The van der Waals surface area contributed by atoms with Crippen molar-refractivity contribution in [3.05, 3.63) is 29.8 Å². The minimum atomic E-state index is -3.40. The first-order valence-corrected chi connectivity index (χ1v) is 10.2. The van der Waals surface area contributed by atoms with Crippen molar-refractivity contribution >= 4 is 22.4 Å². The smallest absolute Gasteiger partial charge is 0.243 e. The molecular formula is C18H29ClN2O2S. The predicted octanol–water partition coefficient (Wildman–Crippen LogP) is 3.53. The van der Waals surface area contributed by atoms with Crippen molar-refractivity contribution in [3.8, 4) is 0 Å². The second-order valence-corrected chi connectivity index (χ2v) is 9.16. The highest BCUT2D eigenvalue weighted by molar-refractivity contribution is 7.89. The maximum absolute atomic E-state index is 12.9. The summed E-state index contributed by atoms with van der Waals surface area (Å²) in [7, 11) is -1.66. The molecule has 0 aliphatic carbocycles. The molecule has 3 unspecified atom stereocenters. The van der Waals surface area contributed by atoms with Crippen LogP contribution >= 0.6 is 12.4 Å². The van der Waals surface area contributed by atoms with E-state index < -0.39 is 10.0 Å². The standard InChI is InChI=1S/C18H28N2O2S.ClH/c1-4-13(2)14-5-9-18(10-6-14)23(21,22)20(3)17-11-15-7-8-16(12-17)19-15;/h5-6,9-10,13,15-17,19H,4,7-8,11-12H2,1-3H3;1H. The lowest BCUT2D eigenvalue weighted by molar-refractivity contribution is 0.251. The summed E-state index contributed by atoms with van der Waals surface area (Å²) in [6.07, 6.45) is 5.27. The van der Waals surface area contributed by atoms with Crippen LogP contribution in [0.5, 0.6) is 0 Å². The first kappa shape index (κ1) is 19.7. The fraction of sp³-hybridized carbons (Fsp3) is 0.667. The molecule has 4 nitrogen and oxygen atoms in total. The molecule has 0 radical (unpaired) electrons. The molecule has 2 heterocycles. The number of hydrogen-bond acceptors (Lipinski definition) is 3. The number of fused-ring (bicyclic) bond motifs is 2. The molecule has 0 amide bonds. The number of rotatable bonds is 5. The molecule has 2 saturated heterocycles. The lowest BCUT2D eigenvalue weighted by atomic mass is 9.99. The highest BCUT2D eigenvalue weighted by Gasteiger charge is 2.38. The first-order valence-electron chi connectivity index (χ1n) is 8.76. The molecule has 136 valence electrons. The summed E-state index contributed by atoms with van der Waals surface area (Å²) in [4.78, 5) is 0.415. The van der Waals surface area contributed by atoms with E-state index in [1.54, 1.807) is 23.5 Å². The van der Waals surface area contributed by atoms with Gasteiger partial charge in [0.1, 0.15) is 0 Å². The van der Waals surface area contributed by atoms with E-state index in [9.17, 15) is 8.42 Å². The second kappa shape index (κ2) is 7.73. The molecule has 2 fully saturated rings. The largest absolute Gasteiger partial charge is 0.311 e. The molecule has 0 spiro atoms. The van der Waals surface area contributed by atoms with E-state index in [4.69, 9.17) is 0 Å². The second-order valence-electron chi connectivity index (χ2n) is 7.16. The van der Waals surface area contributed by atoms with Crippen LogP contribution in [0.2, 0.25) is 0 Å². The number of sulfonamides is 1. The lowest BCUT2D eigenvalue weighted by Gasteiger charge is -2.34. The number of halogens is 1. The molecule has 6 heteroatoms. The summed E-state index contributed by atoms with van der Waals surface area (Å²) in [5.41, 5.74) is 1.20. The lowest BCUT2D eigenvalue weighted by Crippen LogP contribution is -2.48. The Morgan fingerprint density at radius 1 is 1.17 bits per heavy atom. The molecule has 3 atom stereocenters. The number of nitrogens with zero attached hydrogens (tertiary/aromatic N) is 1. The Balaban J connectivity index is 0.00000208. The third kappa shape index (κ3) is 3.79. The summed E-state index contributed by atoms with van der Waals surface area (Å²) >= 11 is 0. The van der Waals surface area contributed by atoms with E-state index in [-0.39, 0.29) is 18.4 Å². The molecule has 0 saturated carbocycles. The molecule has 2 aliphatic heterocycles. The van der Waals surface area contributed by atoms with Gasteiger partial charge < -0.3 is 5.32 Å². The Labute approximate surface area is 152 Å². The van der Waals surface area contributed by atoms with Crippen molar-refractivity contribution in [3.63, 3.8) is 0 Å². The Morgan fingerprint density at radius 3 is 2.21 bits per heavy atom. The minimum Gasteiger partial charge on any atom is -0.311 e. The third-order valence-corrected chi connectivity index (χ3v) is 7.63. The number of piperidine rings is 1. The fourth-order valence-electron chi connectivity index (χ4n) is 3.89. The molecule has 1 N–H and O–H groups in total. The van der Waals surface area contributed by atoms with Gasteiger partial charge in [0, 0.05) is 25.2 Å². The van der Waals surface area contributed by atoms with Crippen LogP contribution in [-0.2, 0) is 10.0 Å². The van der Waals surface area contributed by atoms with Crippen molar-refractivity contribution in [1.82, 2.24) is 9.62 Å². The maximum atomic E-state index is 12.9. The molecule has 3 rings (SSSR count). The SMILES string of the molecule is CCC(C)c1ccc(S(=O)(=O)N(C)C2CC3CCC(C2)N3)cc1.Cl. The minimum absolute atomic E-state index is 0. The third-order valence-electron chi connectivity index (χ3n) is 5.70. The molecule has 2 aliphatic rings. The zero-order chi connectivity index (χ0) is 16.6. The first-order chi connectivity index (χ1) is 10.9. The van der Waals surface area contributed by atoms with E-state index in [2.05, 4.69) is 19.2 Å². The topological polar surface area (TPSA) is 49.4 Å². The van der Waals surface area contributed by atoms with Gasteiger partial charge in [-0.3, -0.25) is 0 Å². The monoisotopic (exact) mass is 372 g/mol. The van der Waals surface area contributed by atoms with Gasteiger partial charge in [0.2, 0.25) is 10.0 Å². The van der Waals surface area contributed by atoms with Crippen molar-refractivity contribution < 1.29 is 8.42 Å². The molecule has 0 aromatic heterocycles. The number of hydrogen-bond donors (Lipinski definition) is 1. The van der Waals surface area contributed by atoms with Crippen LogP contribution in [0.4, 0.5) is 0 Å². The Hall–Kier alpha value is -0.620. The predicted molar refractivity (Wildman–Crippen MR) is 100 cm³/mol. The van der Waals surface area contributed by atoms with Crippen LogP contribution in [-0.4, -0.2) is 37.9 Å². The van der Waals surface area contributed by atoms with Crippen molar-refractivity contribution in [2.24, 2.45) is 0 Å². The molecule has 1 aromatic carbocycles. The van der Waals surface area contributed by atoms with E-state index in [0.717, 1.165) is 19.3 Å². The van der Waals surface area contributed by atoms with E-state index >= 15 is 0 Å². The van der Waals surface area contributed by atoms with Gasteiger partial charge in [0.25, 0.3) is 0 Å². The van der Waals surface area contributed by atoms with E-state index in [1.165, 1.54) is 18.4 Å². The van der Waals surface area contributed by atoms with Gasteiger partial charge in [-0.1, -0.05) is 26.0 Å². The average Bonchev–Trinajstić information content (AvgIpc) is 2.91. The molecule has 2 bridgehead atoms. The van der Waals surface area contributed by atoms with Crippen molar-refractivity contribution in [2.45, 2.75) is 74.9 Å². The van der Waals surface area contributed by atoms with Gasteiger partial charge >= 0.3 is 0 Å². The fourth-order valence-corrected chi connectivity index (χ4v) is 5.27. The average molecular weight is 373 g/mol. The highest BCUT2D eigenvalue weighted by Crippen LogP contribution is 2.32. The van der Waals surface area contributed by atoms with Crippen LogP contribution in [0.3, 0.4) is 0 Å². The maximum Gasteiger partial charge on any atom is 0.243 e. The molecule has 1 aromatic rings. The normalized spacial score (nSPS) is 27.8. The van der Waals surface area contributed by atoms with Gasteiger partial charge in [-0.15, -0.1) is 12.4 Å². The molecular weight excluding hydrogens is 344 g/mol. The van der Waals surface area contributed by atoms with Gasteiger partial charge in [-0.2, -0.15) is 4.31 Å². The van der Waals surface area contributed by atoms with E-state index in [1.807, 2.05) is 12.1 Å². The van der Waals surface area contributed by atoms with Crippen LogP contribution in [0.25, 0.3) is 0 Å². The summed E-state index contributed by atoms with van der Waals surface area (Å²) in [5.74, 6) is 0.463. The zero-order valence-corrected chi connectivity index (χ0v) is 16.4. The van der Waals surface area contributed by atoms with Crippen molar-refractivity contribution in [1.29, 1.82) is 0 Å². The summed E-state index contributed by atoms with van der Waals surface area (Å²) < 4.78 is 27.5. The Kier molecular flexibility index (Phi) is 6.35. The quantitative estimate of drug-likeness (QED) is 0.860. The number of nitrogens with one attached hydrogen (secondary N) is 1. The van der Waals surface area contributed by atoms with Gasteiger partial charge in [0.05, 0.1) is 4.90 Å². The molecule has 24 heavy (non-hydrogen) atoms. The van der Waals surface area contributed by atoms with Crippen LogP contribution in [0.15, 0.2) is 29.2 Å². The zero-order valence-electron chi connectivity index (χ0n) is 14.7.